The quantitative estimate of drug-likeness (QED) is 0.806. The van der Waals surface area contributed by atoms with Gasteiger partial charge in [-0.3, -0.25) is 0 Å². The number of hydrogen-bond donors (Lipinski definition) is 0. The molecule has 2 rings (SSSR count). The van der Waals surface area contributed by atoms with Gasteiger partial charge >= 0.3 is 0 Å². The fourth-order valence-corrected chi connectivity index (χ4v) is 4.30. The van der Waals surface area contributed by atoms with Gasteiger partial charge in [0.1, 0.15) is 19.7 Å². The van der Waals surface area contributed by atoms with Crippen molar-refractivity contribution in [1.82, 2.24) is 0 Å². The molecular formula is C12H8Cl2O2S2. The molecule has 0 saturated carbocycles. The van der Waals surface area contributed by atoms with Crippen LogP contribution in [0.1, 0.15) is 0 Å². The molecule has 0 spiro atoms. The predicted octanol–water partition coefficient (Wildman–Crippen LogP) is 3.82. The molecule has 0 aromatic heterocycles. The Bertz CT molecular complexity index is 539. The standard InChI is InChI=1S/C12H8Cl2O2S2/c13-9-1-5-11(6-2-9)17(15)18(16)12-7-3-10(14)4-8-12/h1-8H/t17-,18+. The zero-order valence-corrected chi connectivity index (χ0v) is 12.2. The van der Waals surface area contributed by atoms with Gasteiger partial charge in [-0.1, -0.05) is 23.2 Å². The summed E-state index contributed by atoms with van der Waals surface area (Å²) in [6.45, 7) is 0. The maximum Gasteiger partial charge on any atom is 0.148 e. The second kappa shape index (κ2) is 5.97. The Morgan fingerprint density at radius 2 is 0.889 bits per heavy atom. The minimum atomic E-state index is -1.62. The predicted molar refractivity (Wildman–Crippen MR) is 75.7 cm³/mol. The molecule has 0 amide bonds. The van der Waals surface area contributed by atoms with Gasteiger partial charge < -0.3 is 0 Å². The molecule has 0 saturated heterocycles. The van der Waals surface area contributed by atoms with Crippen LogP contribution in [0.2, 0.25) is 10.0 Å². The first kappa shape index (κ1) is 13.7. The van der Waals surface area contributed by atoms with E-state index in [1.54, 1.807) is 48.5 Å². The molecule has 0 unspecified atom stereocenters. The minimum absolute atomic E-state index is 0.479. The molecule has 0 radical (unpaired) electrons. The molecule has 2 aromatic rings. The zero-order chi connectivity index (χ0) is 13.1. The van der Waals surface area contributed by atoms with Gasteiger partial charge in [0.15, 0.2) is 0 Å². The molecule has 18 heavy (non-hydrogen) atoms. The van der Waals surface area contributed by atoms with E-state index in [0.717, 1.165) is 0 Å². The highest BCUT2D eigenvalue weighted by Crippen LogP contribution is 2.20. The molecule has 0 fully saturated rings. The largest absolute Gasteiger partial charge is 0.240 e. The topological polar surface area (TPSA) is 34.1 Å². The van der Waals surface area contributed by atoms with Crippen molar-refractivity contribution < 1.29 is 8.42 Å². The van der Waals surface area contributed by atoms with Gasteiger partial charge in [-0.25, -0.2) is 8.42 Å². The lowest BCUT2D eigenvalue weighted by Crippen LogP contribution is -2.01. The van der Waals surface area contributed by atoms with Crippen LogP contribution in [-0.4, -0.2) is 8.42 Å². The Morgan fingerprint density at radius 3 is 1.17 bits per heavy atom. The maximum absolute atomic E-state index is 12.1. The van der Waals surface area contributed by atoms with Crippen LogP contribution >= 0.6 is 23.2 Å². The Hall–Kier alpha value is -0.680. The van der Waals surface area contributed by atoms with Crippen LogP contribution in [0.15, 0.2) is 58.3 Å². The highest BCUT2D eigenvalue weighted by atomic mass is 35.5. The lowest BCUT2D eigenvalue weighted by molar-refractivity contribution is 0.677. The zero-order valence-electron chi connectivity index (χ0n) is 9.01. The van der Waals surface area contributed by atoms with Gasteiger partial charge in [-0.15, -0.1) is 0 Å². The van der Waals surface area contributed by atoms with Gasteiger partial charge in [0.25, 0.3) is 0 Å². The second-order valence-corrected chi connectivity index (χ2v) is 7.95. The molecule has 0 N–H and O–H groups in total. The van der Waals surface area contributed by atoms with Crippen LogP contribution in [0, 0.1) is 0 Å². The fraction of sp³-hybridized carbons (Fsp3) is 0. The Morgan fingerprint density at radius 1 is 0.611 bits per heavy atom. The third-order valence-corrected chi connectivity index (χ3v) is 6.22. The molecular weight excluding hydrogens is 311 g/mol. The van der Waals surface area contributed by atoms with Crippen molar-refractivity contribution in [2.24, 2.45) is 0 Å². The summed E-state index contributed by atoms with van der Waals surface area (Å²) in [5.41, 5.74) is 0. The first-order chi connectivity index (χ1) is 8.58. The van der Waals surface area contributed by atoms with Crippen LogP contribution in [0.25, 0.3) is 0 Å². The molecule has 6 heteroatoms. The monoisotopic (exact) mass is 318 g/mol. The van der Waals surface area contributed by atoms with E-state index in [4.69, 9.17) is 23.2 Å². The van der Waals surface area contributed by atoms with Crippen LogP contribution in [0.3, 0.4) is 0 Å². The second-order valence-electron chi connectivity index (χ2n) is 3.38. The maximum atomic E-state index is 12.1. The lowest BCUT2D eigenvalue weighted by Gasteiger charge is -2.02. The van der Waals surface area contributed by atoms with Crippen molar-refractivity contribution in [3.8, 4) is 0 Å². The fourth-order valence-electron chi connectivity index (χ4n) is 1.27. The van der Waals surface area contributed by atoms with Gasteiger partial charge in [-0.05, 0) is 48.5 Å². The van der Waals surface area contributed by atoms with Crippen molar-refractivity contribution >= 4 is 42.9 Å². The summed E-state index contributed by atoms with van der Waals surface area (Å²) in [5.74, 6) is 0. The third kappa shape index (κ3) is 3.20. The molecule has 0 heterocycles. The van der Waals surface area contributed by atoms with Crippen molar-refractivity contribution in [2.45, 2.75) is 9.79 Å². The summed E-state index contributed by atoms with van der Waals surface area (Å²) in [6.07, 6.45) is 0. The van der Waals surface area contributed by atoms with Crippen molar-refractivity contribution in [3.63, 3.8) is 0 Å². The average molecular weight is 319 g/mol. The first-order valence-corrected chi connectivity index (χ1v) is 8.50. The number of rotatable bonds is 3. The summed E-state index contributed by atoms with van der Waals surface area (Å²) in [5, 5.41) is 1.10. The molecule has 0 aliphatic rings. The van der Waals surface area contributed by atoms with Crippen molar-refractivity contribution in [2.75, 3.05) is 0 Å². The van der Waals surface area contributed by atoms with E-state index < -0.39 is 19.7 Å². The Kier molecular flexibility index (Phi) is 4.56. The molecule has 94 valence electrons. The van der Waals surface area contributed by atoms with Crippen LogP contribution in [-0.2, 0) is 19.7 Å². The number of halogens is 2. The summed E-state index contributed by atoms with van der Waals surface area (Å²) >= 11 is 11.5. The summed E-state index contributed by atoms with van der Waals surface area (Å²) in [6, 6.07) is 12.9. The summed E-state index contributed by atoms with van der Waals surface area (Å²) in [4.78, 5) is 0.959. The normalized spacial score (nSPS) is 14.1. The SMILES string of the molecule is O=[S@](c1ccc(Cl)cc1)[S@@](=O)c1ccc(Cl)cc1. The van der Waals surface area contributed by atoms with Gasteiger partial charge in [0.2, 0.25) is 0 Å². The summed E-state index contributed by atoms with van der Waals surface area (Å²) in [7, 11) is -3.25. The summed E-state index contributed by atoms with van der Waals surface area (Å²) < 4.78 is 24.2. The molecule has 0 aliphatic carbocycles. The minimum Gasteiger partial charge on any atom is -0.240 e. The Labute approximate surface area is 119 Å². The van der Waals surface area contributed by atoms with Crippen molar-refractivity contribution in [3.05, 3.63) is 58.6 Å². The number of benzene rings is 2. The first-order valence-electron chi connectivity index (χ1n) is 4.93. The lowest BCUT2D eigenvalue weighted by atomic mass is 10.4. The van der Waals surface area contributed by atoms with E-state index in [1.165, 1.54) is 0 Å². The third-order valence-electron chi connectivity index (χ3n) is 2.15. The highest BCUT2D eigenvalue weighted by molar-refractivity contribution is 8.61. The number of hydrogen-bond acceptors (Lipinski definition) is 2. The molecule has 2 aromatic carbocycles. The van der Waals surface area contributed by atoms with E-state index in [-0.39, 0.29) is 0 Å². The Balaban J connectivity index is 2.26. The van der Waals surface area contributed by atoms with Crippen molar-refractivity contribution in [1.29, 1.82) is 0 Å². The molecule has 2 nitrogen and oxygen atoms in total. The van der Waals surface area contributed by atoms with Crippen LogP contribution in [0.5, 0.6) is 0 Å². The highest BCUT2D eigenvalue weighted by Gasteiger charge is 2.14. The van der Waals surface area contributed by atoms with E-state index in [9.17, 15) is 8.42 Å². The van der Waals surface area contributed by atoms with Crippen LogP contribution < -0.4 is 0 Å². The van der Waals surface area contributed by atoms with Gasteiger partial charge in [0.05, 0.1) is 9.79 Å². The van der Waals surface area contributed by atoms with Gasteiger partial charge in [-0.2, -0.15) is 0 Å². The van der Waals surface area contributed by atoms with Crippen LogP contribution in [0.4, 0.5) is 0 Å². The molecule has 0 aliphatic heterocycles. The average Bonchev–Trinajstić information content (AvgIpc) is 2.39. The van der Waals surface area contributed by atoms with E-state index >= 15 is 0 Å². The van der Waals surface area contributed by atoms with E-state index in [0.29, 0.717) is 19.8 Å². The molecule has 2 atom stereocenters. The molecule has 0 bridgehead atoms. The van der Waals surface area contributed by atoms with E-state index in [1.807, 2.05) is 0 Å². The van der Waals surface area contributed by atoms with Gasteiger partial charge in [0, 0.05) is 10.0 Å². The van der Waals surface area contributed by atoms with E-state index in [2.05, 4.69) is 0 Å². The smallest absolute Gasteiger partial charge is 0.148 e.